The van der Waals surface area contributed by atoms with Crippen molar-refractivity contribution in [2.75, 3.05) is 0 Å². The number of nitrogens with one attached hydrogen (secondary N) is 1. The van der Waals surface area contributed by atoms with E-state index < -0.39 is 11.5 Å². The van der Waals surface area contributed by atoms with E-state index in [2.05, 4.69) is 5.32 Å². The van der Waals surface area contributed by atoms with Crippen molar-refractivity contribution in [2.45, 2.75) is 38.6 Å². The van der Waals surface area contributed by atoms with Crippen LogP contribution in [0.2, 0.25) is 5.02 Å². The molecular formula is C12H16ClNO3S. The lowest BCUT2D eigenvalue weighted by molar-refractivity contribution is -0.147. The Morgan fingerprint density at radius 2 is 2.22 bits per heavy atom. The Labute approximate surface area is 115 Å². The van der Waals surface area contributed by atoms with Gasteiger partial charge in [0.05, 0.1) is 5.02 Å². The molecule has 0 aliphatic carbocycles. The standard InChI is InChI=1S/C12H16ClNO3S/c1-3-12(2,11(16)17)14-10(15)5-4-9-6-8(13)7-18-9/h6-7H,3-5H2,1-2H3,(H,14,15)(H,16,17). The molecule has 0 saturated heterocycles. The molecule has 0 radical (unpaired) electrons. The van der Waals surface area contributed by atoms with Crippen LogP contribution in [0.25, 0.3) is 0 Å². The van der Waals surface area contributed by atoms with Crippen molar-refractivity contribution in [1.82, 2.24) is 5.32 Å². The number of carboxylic acid groups (broad SMARTS) is 1. The molecule has 0 fully saturated rings. The molecule has 1 aromatic rings. The highest BCUT2D eigenvalue weighted by Crippen LogP contribution is 2.20. The first-order valence-electron chi connectivity index (χ1n) is 5.64. The van der Waals surface area contributed by atoms with E-state index in [0.29, 0.717) is 17.9 Å². The first-order valence-corrected chi connectivity index (χ1v) is 6.90. The third-order valence-electron chi connectivity index (χ3n) is 2.81. The van der Waals surface area contributed by atoms with E-state index in [9.17, 15) is 9.59 Å². The molecule has 4 nitrogen and oxygen atoms in total. The van der Waals surface area contributed by atoms with Crippen molar-refractivity contribution in [3.8, 4) is 0 Å². The van der Waals surface area contributed by atoms with E-state index in [4.69, 9.17) is 16.7 Å². The summed E-state index contributed by atoms with van der Waals surface area (Å²) in [5, 5.41) is 14.1. The van der Waals surface area contributed by atoms with Gasteiger partial charge in [-0.2, -0.15) is 0 Å². The SMILES string of the molecule is CCC(C)(NC(=O)CCc1cc(Cl)cs1)C(=O)O. The van der Waals surface area contributed by atoms with Crippen molar-refractivity contribution in [3.05, 3.63) is 21.3 Å². The Hall–Kier alpha value is -1.07. The first-order chi connectivity index (χ1) is 8.37. The predicted molar refractivity (Wildman–Crippen MR) is 72.1 cm³/mol. The van der Waals surface area contributed by atoms with Gasteiger partial charge in [0, 0.05) is 16.7 Å². The van der Waals surface area contributed by atoms with Crippen LogP contribution >= 0.6 is 22.9 Å². The van der Waals surface area contributed by atoms with E-state index >= 15 is 0 Å². The molecule has 1 rings (SSSR count). The molecule has 6 heteroatoms. The van der Waals surface area contributed by atoms with Gasteiger partial charge in [-0.25, -0.2) is 4.79 Å². The van der Waals surface area contributed by atoms with Crippen molar-refractivity contribution < 1.29 is 14.7 Å². The van der Waals surface area contributed by atoms with Gasteiger partial charge in [0.25, 0.3) is 0 Å². The maximum Gasteiger partial charge on any atom is 0.329 e. The molecule has 0 aliphatic heterocycles. The smallest absolute Gasteiger partial charge is 0.329 e. The summed E-state index contributed by atoms with van der Waals surface area (Å²) in [7, 11) is 0. The highest BCUT2D eigenvalue weighted by molar-refractivity contribution is 7.10. The average molecular weight is 290 g/mol. The number of carboxylic acids is 1. The van der Waals surface area contributed by atoms with Crippen LogP contribution in [0, 0.1) is 0 Å². The average Bonchev–Trinajstić information content (AvgIpc) is 2.72. The van der Waals surface area contributed by atoms with Crippen LogP contribution < -0.4 is 5.32 Å². The van der Waals surface area contributed by atoms with Gasteiger partial charge in [0.15, 0.2) is 0 Å². The summed E-state index contributed by atoms with van der Waals surface area (Å²) in [6.45, 7) is 3.24. The molecule has 0 aromatic carbocycles. The largest absolute Gasteiger partial charge is 0.480 e. The van der Waals surface area contributed by atoms with Crippen LogP contribution in [0.5, 0.6) is 0 Å². The lowest BCUT2D eigenvalue weighted by Crippen LogP contribution is -2.51. The van der Waals surface area contributed by atoms with Crippen LogP contribution in [0.3, 0.4) is 0 Å². The number of hydrogen-bond donors (Lipinski definition) is 2. The van der Waals surface area contributed by atoms with Gasteiger partial charge in [-0.1, -0.05) is 18.5 Å². The molecular weight excluding hydrogens is 274 g/mol. The number of carbonyl (C=O) groups excluding carboxylic acids is 1. The van der Waals surface area contributed by atoms with Gasteiger partial charge >= 0.3 is 5.97 Å². The highest BCUT2D eigenvalue weighted by atomic mass is 35.5. The summed E-state index contributed by atoms with van der Waals surface area (Å²) in [5.74, 6) is -1.27. The summed E-state index contributed by atoms with van der Waals surface area (Å²) in [4.78, 5) is 23.8. The Balaban J connectivity index is 2.49. The molecule has 0 spiro atoms. The molecule has 0 bridgehead atoms. The summed E-state index contributed by atoms with van der Waals surface area (Å²) in [5.41, 5.74) is -1.19. The minimum Gasteiger partial charge on any atom is -0.480 e. The van der Waals surface area contributed by atoms with Crippen molar-refractivity contribution in [2.24, 2.45) is 0 Å². The van der Waals surface area contributed by atoms with Crippen LogP contribution in [0.15, 0.2) is 11.4 Å². The van der Waals surface area contributed by atoms with Gasteiger partial charge in [0.1, 0.15) is 5.54 Å². The van der Waals surface area contributed by atoms with E-state index in [1.165, 1.54) is 18.3 Å². The summed E-state index contributed by atoms with van der Waals surface area (Å²) >= 11 is 7.27. The second-order valence-electron chi connectivity index (χ2n) is 4.27. The van der Waals surface area contributed by atoms with Crippen molar-refractivity contribution in [1.29, 1.82) is 0 Å². The maximum absolute atomic E-state index is 11.7. The molecule has 18 heavy (non-hydrogen) atoms. The zero-order valence-corrected chi connectivity index (χ0v) is 11.9. The fourth-order valence-electron chi connectivity index (χ4n) is 1.38. The quantitative estimate of drug-likeness (QED) is 0.846. The summed E-state index contributed by atoms with van der Waals surface area (Å²) in [6, 6.07) is 1.82. The second-order valence-corrected chi connectivity index (χ2v) is 5.70. The van der Waals surface area contributed by atoms with Crippen molar-refractivity contribution >= 4 is 34.8 Å². The molecule has 100 valence electrons. The molecule has 1 atom stereocenters. The molecule has 2 N–H and O–H groups in total. The number of aryl methyl sites for hydroxylation is 1. The number of halogens is 1. The number of hydrogen-bond acceptors (Lipinski definition) is 3. The summed E-state index contributed by atoms with van der Waals surface area (Å²) in [6.07, 6.45) is 1.18. The zero-order chi connectivity index (χ0) is 13.8. The molecule has 1 aromatic heterocycles. The fourth-order valence-corrected chi connectivity index (χ4v) is 2.46. The van der Waals surface area contributed by atoms with E-state index in [1.807, 2.05) is 11.4 Å². The monoisotopic (exact) mass is 289 g/mol. The summed E-state index contributed by atoms with van der Waals surface area (Å²) < 4.78 is 0. The normalized spacial score (nSPS) is 13.9. The highest BCUT2D eigenvalue weighted by Gasteiger charge is 2.32. The van der Waals surface area contributed by atoms with E-state index in [0.717, 1.165) is 4.88 Å². The predicted octanol–water partition coefficient (Wildman–Crippen LogP) is 2.70. The lowest BCUT2D eigenvalue weighted by Gasteiger charge is -2.24. The van der Waals surface area contributed by atoms with Crippen LogP contribution in [0.1, 0.15) is 31.6 Å². The first kappa shape index (κ1) is 15.0. The Bertz CT molecular complexity index is 446. The second kappa shape index (κ2) is 6.20. The van der Waals surface area contributed by atoms with E-state index in [-0.39, 0.29) is 12.3 Å². The van der Waals surface area contributed by atoms with Crippen molar-refractivity contribution in [3.63, 3.8) is 0 Å². The Morgan fingerprint density at radius 3 is 2.67 bits per heavy atom. The number of aliphatic carboxylic acids is 1. The number of carbonyl (C=O) groups is 2. The zero-order valence-electron chi connectivity index (χ0n) is 10.3. The van der Waals surface area contributed by atoms with Crippen LogP contribution in [-0.2, 0) is 16.0 Å². The Kier molecular flexibility index (Phi) is 5.16. The lowest BCUT2D eigenvalue weighted by atomic mass is 9.99. The molecule has 1 amide bonds. The molecule has 1 unspecified atom stereocenters. The fraction of sp³-hybridized carbons (Fsp3) is 0.500. The maximum atomic E-state index is 11.7. The Morgan fingerprint density at radius 1 is 1.56 bits per heavy atom. The van der Waals surface area contributed by atoms with Gasteiger partial charge in [0.2, 0.25) is 5.91 Å². The third-order valence-corrected chi connectivity index (χ3v) is 4.16. The van der Waals surface area contributed by atoms with Crippen LogP contribution in [0.4, 0.5) is 0 Å². The molecule has 0 saturated carbocycles. The van der Waals surface area contributed by atoms with Gasteiger partial charge < -0.3 is 10.4 Å². The third kappa shape index (κ3) is 3.99. The van der Waals surface area contributed by atoms with E-state index in [1.54, 1.807) is 6.92 Å². The van der Waals surface area contributed by atoms with Crippen LogP contribution in [-0.4, -0.2) is 22.5 Å². The molecule has 0 aliphatic rings. The van der Waals surface area contributed by atoms with Gasteiger partial charge in [-0.15, -0.1) is 11.3 Å². The van der Waals surface area contributed by atoms with Gasteiger partial charge in [-0.3, -0.25) is 4.79 Å². The molecule has 1 heterocycles. The van der Waals surface area contributed by atoms with Gasteiger partial charge in [-0.05, 0) is 25.8 Å². The number of amides is 1. The minimum absolute atomic E-state index is 0.258. The topological polar surface area (TPSA) is 66.4 Å². The number of thiophene rings is 1. The minimum atomic E-state index is -1.19. The number of rotatable bonds is 6.